The Hall–Kier alpha value is -3.85. The van der Waals surface area contributed by atoms with Gasteiger partial charge in [0.1, 0.15) is 5.82 Å². The number of amides is 1. The van der Waals surface area contributed by atoms with Crippen molar-refractivity contribution in [2.75, 3.05) is 36.9 Å². The first-order chi connectivity index (χ1) is 16.0. The van der Waals surface area contributed by atoms with E-state index in [0.29, 0.717) is 49.9 Å². The minimum atomic E-state index is -0.327. The predicted octanol–water partition coefficient (Wildman–Crippen LogP) is 3.65. The van der Waals surface area contributed by atoms with Crippen LogP contribution in [0.1, 0.15) is 33.3 Å². The molecule has 1 amide bonds. The van der Waals surface area contributed by atoms with Crippen LogP contribution < -0.4 is 10.6 Å². The lowest BCUT2D eigenvalue weighted by atomic mass is 10.1. The smallest absolute Gasteiger partial charge is 0.254 e. The molecule has 0 saturated carbocycles. The minimum absolute atomic E-state index is 0.0284. The summed E-state index contributed by atoms with van der Waals surface area (Å²) < 4.78 is 18.7. The first kappa shape index (κ1) is 22.3. The number of halogens is 1. The molecule has 1 saturated heterocycles. The number of carbonyl (C=O) groups is 2. The third-order valence-corrected chi connectivity index (χ3v) is 5.20. The van der Waals surface area contributed by atoms with Crippen molar-refractivity contribution < 1.29 is 18.7 Å². The molecule has 2 aromatic carbocycles. The van der Waals surface area contributed by atoms with E-state index < -0.39 is 0 Å². The number of morpholine rings is 1. The summed E-state index contributed by atoms with van der Waals surface area (Å²) in [5, 5.41) is 14.4. The number of nitrogens with zero attached hydrogens (tertiary/aromatic N) is 3. The lowest BCUT2D eigenvalue weighted by molar-refractivity contribution is 0.0303. The SMILES string of the molecule is CC(=O)c1nnc(Nc2ccc(C(=O)N3CCOCC3)cc2)cc1NCc1cccc(F)c1. The summed E-state index contributed by atoms with van der Waals surface area (Å²) in [5.41, 5.74) is 2.73. The molecule has 0 aliphatic carbocycles. The Morgan fingerprint density at radius 3 is 2.52 bits per heavy atom. The van der Waals surface area contributed by atoms with E-state index in [9.17, 15) is 14.0 Å². The van der Waals surface area contributed by atoms with Gasteiger partial charge in [0.05, 0.1) is 18.9 Å². The first-order valence-corrected chi connectivity index (χ1v) is 10.6. The molecule has 2 N–H and O–H groups in total. The Labute approximate surface area is 190 Å². The predicted molar refractivity (Wildman–Crippen MR) is 122 cm³/mol. The molecule has 33 heavy (non-hydrogen) atoms. The van der Waals surface area contributed by atoms with Gasteiger partial charge >= 0.3 is 0 Å². The zero-order chi connectivity index (χ0) is 23.2. The van der Waals surface area contributed by atoms with Gasteiger partial charge in [0.15, 0.2) is 17.3 Å². The van der Waals surface area contributed by atoms with Crippen LogP contribution >= 0.6 is 0 Å². The Balaban J connectivity index is 1.46. The quantitative estimate of drug-likeness (QED) is 0.532. The second-order valence-electron chi connectivity index (χ2n) is 7.64. The van der Waals surface area contributed by atoms with Gasteiger partial charge in [-0.3, -0.25) is 9.59 Å². The number of nitrogens with one attached hydrogen (secondary N) is 2. The highest BCUT2D eigenvalue weighted by Gasteiger charge is 2.18. The van der Waals surface area contributed by atoms with Gasteiger partial charge < -0.3 is 20.3 Å². The van der Waals surface area contributed by atoms with Crippen molar-refractivity contribution >= 4 is 28.9 Å². The summed E-state index contributed by atoms with van der Waals surface area (Å²) in [7, 11) is 0. The highest BCUT2D eigenvalue weighted by atomic mass is 19.1. The molecular formula is C24H24FN5O3. The Morgan fingerprint density at radius 2 is 1.82 bits per heavy atom. The highest BCUT2D eigenvalue weighted by molar-refractivity contribution is 5.98. The third-order valence-electron chi connectivity index (χ3n) is 5.20. The van der Waals surface area contributed by atoms with Gasteiger partial charge in [0, 0.05) is 43.9 Å². The van der Waals surface area contributed by atoms with Crippen LogP contribution in [0.5, 0.6) is 0 Å². The van der Waals surface area contributed by atoms with Crippen LogP contribution in [0.2, 0.25) is 0 Å². The van der Waals surface area contributed by atoms with E-state index in [0.717, 1.165) is 11.3 Å². The number of rotatable bonds is 7. The number of aromatic nitrogens is 2. The number of ketones is 1. The van der Waals surface area contributed by atoms with Crippen LogP contribution in [-0.2, 0) is 11.3 Å². The highest BCUT2D eigenvalue weighted by Crippen LogP contribution is 2.22. The maximum atomic E-state index is 13.4. The van der Waals surface area contributed by atoms with Gasteiger partial charge in [-0.1, -0.05) is 12.1 Å². The fourth-order valence-electron chi connectivity index (χ4n) is 3.48. The molecule has 9 heteroatoms. The van der Waals surface area contributed by atoms with Crippen molar-refractivity contribution in [1.82, 2.24) is 15.1 Å². The van der Waals surface area contributed by atoms with Crippen molar-refractivity contribution in [3.63, 3.8) is 0 Å². The topological polar surface area (TPSA) is 96.5 Å². The number of carbonyl (C=O) groups excluding carboxylic acids is 2. The van der Waals surface area contributed by atoms with Gasteiger partial charge in [-0.05, 0) is 42.0 Å². The van der Waals surface area contributed by atoms with E-state index in [4.69, 9.17) is 4.74 Å². The molecule has 4 rings (SSSR count). The molecule has 0 spiro atoms. The third kappa shape index (κ3) is 5.69. The van der Waals surface area contributed by atoms with Gasteiger partial charge in [0.2, 0.25) is 0 Å². The standard InChI is InChI=1S/C24H24FN5O3/c1-16(31)23-21(26-15-17-3-2-4-19(25)13-17)14-22(28-29-23)27-20-7-5-18(6-8-20)24(32)30-9-11-33-12-10-30/h2-8,13-14H,9-12,15H2,1H3,(H2,26,27,28). The molecule has 0 unspecified atom stereocenters. The van der Waals surface area contributed by atoms with E-state index in [2.05, 4.69) is 20.8 Å². The maximum Gasteiger partial charge on any atom is 0.254 e. The molecule has 0 radical (unpaired) electrons. The number of ether oxygens (including phenoxy) is 1. The van der Waals surface area contributed by atoms with Crippen LogP contribution in [0.3, 0.4) is 0 Å². The number of benzene rings is 2. The normalized spacial score (nSPS) is 13.5. The summed E-state index contributed by atoms with van der Waals surface area (Å²) in [6.45, 7) is 4.01. The van der Waals surface area contributed by atoms with Gasteiger partial charge in [-0.2, -0.15) is 0 Å². The molecule has 1 aliphatic heterocycles. The summed E-state index contributed by atoms with van der Waals surface area (Å²) in [6, 6.07) is 15.0. The molecular weight excluding hydrogens is 425 g/mol. The summed E-state index contributed by atoms with van der Waals surface area (Å²) in [5.74, 6) is -0.165. The van der Waals surface area contributed by atoms with Crippen LogP contribution in [0.4, 0.5) is 21.6 Å². The van der Waals surface area contributed by atoms with E-state index in [1.54, 1.807) is 47.4 Å². The van der Waals surface area contributed by atoms with Crippen molar-refractivity contribution in [1.29, 1.82) is 0 Å². The maximum absolute atomic E-state index is 13.4. The zero-order valence-corrected chi connectivity index (χ0v) is 18.2. The number of hydrogen-bond acceptors (Lipinski definition) is 7. The van der Waals surface area contributed by atoms with Crippen molar-refractivity contribution in [3.8, 4) is 0 Å². The fraction of sp³-hybridized carbons (Fsp3) is 0.250. The van der Waals surface area contributed by atoms with Crippen molar-refractivity contribution in [2.24, 2.45) is 0 Å². The van der Waals surface area contributed by atoms with Gasteiger partial charge in [0.25, 0.3) is 5.91 Å². The molecule has 170 valence electrons. The van der Waals surface area contributed by atoms with Crippen LogP contribution in [-0.4, -0.2) is 53.1 Å². The summed E-state index contributed by atoms with van der Waals surface area (Å²) >= 11 is 0. The van der Waals surface area contributed by atoms with Crippen LogP contribution in [0.15, 0.2) is 54.6 Å². The van der Waals surface area contributed by atoms with Crippen molar-refractivity contribution in [2.45, 2.75) is 13.5 Å². The van der Waals surface area contributed by atoms with E-state index in [-0.39, 0.29) is 23.2 Å². The number of hydrogen-bond donors (Lipinski definition) is 2. The largest absolute Gasteiger partial charge is 0.379 e. The molecule has 1 aliphatic rings. The minimum Gasteiger partial charge on any atom is -0.379 e. The zero-order valence-electron chi connectivity index (χ0n) is 18.2. The van der Waals surface area contributed by atoms with Crippen molar-refractivity contribution in [3.05, 3.63) is 77.2 Å². The first-order valence-electron chi connectivity index (χ1n) is 10.6. The van der Waals surface area contributed by atoms with Crippen LogP contribution in [0, 0.1) is 5.82 Å². The summed E-state index contributed by atoms with van der Waals surface area (Å²) in [4.78, 5) is 26.3. The second kappa shape index (κ2) is 10.2. The monoisotopic (exact) mass is 449 g/mol. The van der Waals surface area contributed by atoms with E-state index >= 15 is 0 Å². The average molecular weight is 449 g/mol. The lowest BCUT2D eigenvalue weighted by Crippen LogP contribution is -2.40. The molecule has 3 aromatic rings. The fourth-order valence-corrected chi connectivity index (χ4v) is 3.48. The van der Waals surface area contributed by atoms with Crippen LogP contribution in [0.25, 0.3) is 0 Å². The number of anilines is 3. The average Bonchev–Trinajstić information content (AvgIpc) is 2.83. The summed E-state index contributed by atoms with van der Waals surface area (Å²) in [6.07, 6.45) is 0. The molecule has 0 bridgehead atoms. The van der Waals surface area contributed by atoms with Gasteiger partial charge in [-0.15, -0.1) is 10.2 Å². The molecule has 8 nitrogen and oxygen atoms in total. The van der Waals surface area contributed by atoms with E-state index in [1.807, 2.05) is 0 Å². The van der Waals surface area contributed by atoms with Gasteiger partial charge in [-0.25, -0.2) is 4.39 Å². The molecule has 0 atom stereocenters. The number of Topliss-reactive ketones (excluding diaryl/α,β-unsaturated/α-hetero) is 1. The molecule has 2 heterocycles. The second-order valence-corrected chi connectivity index (χ2v) is 7.64. The molecule has 1 aromatic heterocycles. The Kier molecular flexibility index (Phi) is 6.89. The van der Waals surface area contributed by atoms with E-state index in [1.165, 1.54) is 19.1 Å². The molecule has 1 fully saturated rings. The Morgan fingerprint density at radius 1 is 1.06 bits per heavy atom. The Bertz CT molecular complexity index is 1150. The lowest BCUT2D eigenvalue weighted by Gasteiger charge is -2.26.